The summed E-state index contributed by atoms with van der Waals surface area (Å²) in [6, 6.07) is 10.0. The van der Waals surface area contributed by atoms with E-state index in [1.807, 2.05) is 30.3 Å². The third-order valence-corrected chi connectivity index (χ3v) is 2.47. The number of nitrogens with zero attached hydrogens (tertiary/aromatic N) is 1. The first-order valence-electron chi connectivity index (χ1n) is 5.20. The van der Waals surface area contributed by atoms with Crippen molar-refractivity contribution in [3.8, 4) is 0 Å². The minimum absolute atomic E-state index is 0.214. The molecule has 2 rings (SSSR count). The Morgan fingerprint density at radius 3 is 2.87 bits per heavy atom. The normalized spacial score (nSPS) is 26.2. The fraction of sp³-hybridized carbons (Fsp3) is 0.417. The number of aliphatic hydroxyl groups is 1. The highest BCUT2D eigenvalue weighted by Crippen LogP contribution is 2.11. The maximum absolute atomic E-state index is 9.47. The van der Waals surface area contributed by atoms with Crippen LogP contribution in [-0.4, -0.2) is 30.1 Å². The number of benzene rings is 1. The van der Waals surface area contributed by atoms with Gasteiger partial charge < -0.3 is 9.84 Å². The monoisotopic (exact) mass is 205 g/mol. The summed E-state index contributed by atoms with van der Waals surface area (Å²) in [7, 11) is 0. The van der Waals surface area contributed by atoms with E-state index in [1.54, 1.807) is 6.21 Å². The van der Waals surface area contributed by atoms with Gasteiger partial charge in [0.05, 0.1) is 19.3 Å². The zero-order valence-corrected chi connectivity index (χ0v) is 8.54. The van der Waals surface area contributed by atoms with Crippen LogP contribution in [0, 0.1) is 0 Å². The van der Waals surface area contributed by atoms with E-state index in [9.17, 15) is 5.11 Å². The molecule has 1 fully saturated rings. The van der Waals surface area contributed by atoms with E-state index >= 15 is 0 Å². The van der Waals surface area contributed by atoms with Gasteiger partial charge in [-0.05, 0) is 12.0 Å². The van der Waals surface area contributed by atoms with Crippen LogP contribution < -0.4 is 0 Å². The summed E-state index contributed by atoms with van der Waals surface area (Å²) < 4.78 is 5.30. The Kier molecular flexibility index (Phi) is 3.48. The van der Waals surface area contributed by atoms with Crippen molar-refractivity contribution >= 4 is 6.21 Å². The van der Waals surface area contributed by atoms with Crippen LogP contribution in [0.1, 0.15) is 12.0 Å². The highest BCUT2D eigenvalue weighted by molar-refractivity contribution is 5.64. The highest BCUT2D eigenvalue weighted by Gasteiger charge is 2.23. The van der Waals surface area contributed by atoms with Crippen molar-refractivity contribution in [2.45, 2.75) is 25.2 Å². The van der Waals surface area contributed by atoms with Crippen LogP contribution in [0.25, 0.3) is 0 Å². The molecule has 0 spiro atoms. The lowest BCUT2D eigenvalue weighted by atomic mass is 10.2. The number of rotatable bonds is 3. The average Bonchev–Trinajstić information content (AvgIpc) is 2.66. The smallest absolute Gasteiger partial charge is 0.118 e. The molecule has 0 aliphatic carbocycles. The second-order valence-electron chi connectivity index (χ2n) is 3.67. The molecule has 3 nitrogen and oxygen atoms in total. The molecule has 3 heteroatoms. The maximum Gasteiger partial charge on any atom is 0.118 e. The number of hydrogen-bond acceptors (Lipinski definition) is 3. The van der Waals surface area contributed by atoms with Crippen LogP contribution in [-0.2, 0) is 11.3 Å². The molecule has 0 unspecified atom stereocenters. The van der Waals surface area contributed by atoms with Crippen molar-refractivity contribution in [2.24, 2.45) is 4.99 Å². The molecule has 1 aliphatic heterocycles. The predicted octanol–water partition coefficient (Wildman–Crippen LogP) is 1.41. The summed E-state index contributed by atoms with van der Waals surface area (Å²) in [5.74, 6) is 0. The fourth-order valence-electron chi connectivity index (χ4n) is 1.59. The molecule has 80 valence electrons. The van der Waals surface area contributed by atoms with Gasteiger partial charge in [0, 0.05) is 6.21 Å². The molecule has 0 bridgehead atoms. The third kappa shape index (κ3) is 2.88. The zero-order chi connectivity index (χ0) is 10.5. The Balaban J connectivity index is 1.85. The highest BCUT2D eigenvalue weighted by atomic mass is 16.5. The predicted molar refractivity (Wildman–Crippen MR) is 59.0 cm³/mol. The van der Waals surface area contributed by atoms with E-state index in [0.717, 1.165) is 0 Å². The Labute approximate surface area is 89.4 Å². The molecular weight excluding hydrogens is 190 g/mol. The largest absolute Gasteiger partial charge is 0.390 e. The van der Waals surface area contributed by atoms with Gasteiger partial charge in [0.15, 0.2) is 0 Å². The second kappa shape index (κ2) is 5.05. The van der Waals surface area contributed by atoms with Crippen molar-refractivity contribution in [1.82, 2.24) is 0 Å². The van der Waals surface area contributed by atoms with Crippen LogP contribution in [0.5, 0.6) is 0 Å². The summed E-state index contributed by atoms with van der Waals surface area (Å²) in [6.07, 6.45) is 1.82. The van der Waals surface area contributed by atoms with Crippen molar-refractivity contribution in [3.05, 3.63) is 35.9 Å². The molecule has 1 saturated heterocycles. The Morgan fingerprint density at radius 2 is 2.20 bits per heavy atom. The van der Waals surface area contributed by atoms with Gasteiger partial charge in [0.2, 0.25) is 0 Å². The molecule has 1 aromatic rings. The van der Waals surface area contributed by atoms with E-state index in [0.29, 0.717) is 19.6 Å². The summed E-state index contributed by atoms with van der Waals surface area (Å²) in [4.78, 5) is 4.26. The van der Waals surface area contributed by atoms with Crippen molar-refractivity contribution < 1.29 is 9.84 Å². The van der Waals surface area contributed by atoms with E-state index in [-0.39, 0.29) is 12.2 Å². The SMILES string of the molecule is O[C@@H]1CCO[C@H]1/C=N/Cc1ccccc1. The van der Waals surface area contributed by atoms with Crippen LogP contribution in [0.2, 0.25) is 0 Å². The molecule has 1 N–H and O–H groups in total. The maximum atomic E-state index is 9.47. The Hall–Kier alpha value is -1.19. The lowest BCUT2D eigenvalue weighted by Crippen LogP contribution is -2.22. The van der Waals surface area contributed by atoms with Gasteiger partial charge in [-0.15, -0.1) is 0 Å². The van der Waals surface area contributed by atoms with Gasteiger partial charge >= 0.3 is 0 Å². The van der Waals surface area contributed by atoms with Crippen LogP contribution in [0.15, 0.2) is 35.3 Å². The molecule has 2 atom stereocenters. The van der Waals surface area contributed by atoms with Crippen LogP contribution >= 0.6 is 0 Å². The van der Waals surface area contributed by atoms with Gasteiger partial charge in [0.1, 0.15) is 6.10 Å². The molecule has 0 amide bonds. The van der Waals surface area contributed by atoms with Crippen molar-refractivity contribution in [1.29, 1.82) is 0 Å². The van der Waals surface area contributed by atoms with Gasteiger partial charge in [0.25, 0.3) is 0 Å². The van der Waals surface area contributed by atoms with E-state index in [1.165, 1.54) is 5.56 Å². The van der Waals surface area contributed by atoms with Gasteiger partial charge in [-0.1, -0.05) is 30.3 Å². The number of aliphatic hydroxyl groups excluding tert-OH is 1. The standard InChI is InChI=1S/C12H15NO2/c14-11-6-7-15-12(11)9-13-8-10-4-2-1-3-5-10/h1-5,9,11-12,14H,6-8H2/b13-9+/t11-,12+/m1/s1. The summed E-state index contributed by atoms with van der Waals surface area (Å²) in [5, 5.41) is 9.47. The van der Waals surface area contributed by atoms with E-state index < -0.39 is 0 Å². The molecule has 0 aromatic heterocycles. The zero-order valence-electron chi connectivity index (χ0n) is 8.54. The average molecular weight is 205 g/mol. The first kappa shape index (κ1) is 10.3. The van der Waals surface area contributed by atoms with Crippen molar-refractivity contribution in [2.75, 3.05) is 6.61 Å². The minimum Gasteiger partial charge on any atom is -0.390 e. The summed E-state index contributed by atoms with van der Waals surface area (Å²) in [6.45, 7) is 1.27. The topological polar surface area (TPSA) is 41.8 Å². The lowest BCUT2D eigenvalue weighted by Gasteiger charge is -2.06. The molecule has 0 saturated carbocycles. The van der Waals surface area contributed by atoms with Gasteiger partial charge in [-0.25, -0.2) is 0 Å². The first-order valence-corrected chi connectivity index (χ1v) is 5.20. The lowest BCUT2D eigenvalue weighted by molar-refractivity contribution is 0.0904. The molecule has 1 aromatic carbocycles. The molecule has 1 aliphatic rings. The van der Waals surface area contributed by atoms with E-state index in [4.69, 9.17) is 4.74 Å². The quantitative estimate of drug-likeness (QED) is 0.758. The Bertz CT molecular complexity index is 324. The minimum atomic E-state index is -0.385. The van der Waals surface area contributed by atoms with Crippen LogP contribution in [0.3, 0.4) is 0 Å². The number of ether oxygens (including phenoxy) is 1. The van der Waals surface area contributed by atoms with Gasteiger partial charge in [-0.3, -0.25) is 4.99 Å². The number of aliphatic imine (C=N–C) groups is 1. The van der Waals surface area contributed by atoms with Crippen LogP contribution in [0.4, 0.5) is 0 Å². The first-order chi connectivity index (χ1) is 7.36. The number of hydrogen-bond donors (Lipinski definition) is 1. The third-order valence-electron chi connectivity index (χ3n) is 2.47. The molecule has 1 heterocycles. The van der Waals surface area contributed by atoms with Gasteiger partial charge in [-0.2, -0.15) is 0 Å². The summed E-state index contributed by atoms with van der Waals surface area (Å²) in [5.41, 5.74) is 1.17. The molecule has 0 radical (unpaired) electrons. The fourth-order valence-corrected chi connectivity index (χ4v) is 1.59. The second-order valence-corrected chi connectivity index (χ2v) is 3.67. The molecular formula is C12H15NO2. The van der Waals surface area contributed by atoms with E-state index in [2.05, 4.69) is 4.99 Å². The van der Waals surface area contributed by atoms with Crippen molar-refractivity contribution in [3.63, 3.8) is 0 Å². The summed E-state index contributed by atoms with van der Waals surface area (Å²) >= 11 is 0. The molecule has 15 heavy (non-hydrogen) atoms. The Morgan fingerprint density at radius 1 is 1.40 bits per heavy atom.